The predicted molar refractivity (Wildman–Crippen MR) is 115 cm³/mol. The summed E-state index contributed by atoms with van der Waals surface area (Å²) in [5.74, 6) is 0.750. The van der Waals surface area contributed by atoms with Gasteiger partial charge in [0.1, 0.15) is 5.78 Å². The lowest BCUT2D eigenvalue weighted by Crippen LogP contribution is -2.41. The molecule has 2 fully saturated rings. The van der Waals surface area contributed by atoms with Gasteiger partial charge in [0.2, 0.25) is 0 Å². The van der Waals surface area contributed by atoms with E-state index in [9.17, 15) is 9.00 Å². The first-order valence-corrected chi connectivity index (χ1v) is 11.7. The van der Waals surface area contributed by atoms with Crippen LogP contribution in [0.5, 0.6) is 0 Å². The highest BCUT2D eigenvalue weighted by Crippen LogP contribution is 2.64. The van der Waals surface area contributed by atoms with Crippen LogP contribution in [0.4, 0.5) is 0 Å². The summed E-state index contributed by atoms with van der Waals surface area (Å²) in [4.78, 5) is 12.7. The molecule has 2 saturated carbocycles. The van der Waals surface area contributed by atoms with Gasteiger partial charge in [-0.1, -0.05) is 68.4 Å². The van der Waals surface area contributed by atoms with E-state index in [1.54, 1.807) is 6.08 Å². The summed E-state index contributed by atoms with van der Waals surface area (Å²) in [5.41, 5.74) is 2.45. The highest BCUT2D eigenvalue weighted by atomic mass is 32.2. The van der Waals surface area contributed by atoms with E-state index in [0.717, 1.165) is 29.5 Å². The molecule has 0 saturated heterocycles. The Hall–Kier alpha value is -2.20. The molecule has 2 bridgehead atoms. The lowest BCUT2D eigenvalue weighted by atomic mass is 9.70. The molecule has 0 radical (unpaired) electrons. The zero-order valence-corrected chi connectivity index (χ0v) is 17.3. The molecule has 0 spiro atoms. The Morgan fingerprint density at radius 1 is 1.07 bits per heavy atom. The monoisotopic (exact) mass is 393 g/mol. The minimum Gasteiger partial charge on any atom is -0.299 e. The van der Waals surface area contributed by atoms with Crippen molar-refractivity contribution in [2.75, 3.05) is 5.75 Å². The first-order chi connectivity index (χ1) is 13.2. The summed E-state index contributed by atoms with van der Waals surface area (Å²) in [6.45, 7) is 4.24. The SMILES string of the molecule is CC1(C)[C@@H]2CC[C@@]1(CS(=N)(=O)/C=C/c1ccc(-c3ccccc3)cc1)C(=O)C2. The highest BCUT2D eigenvalue weighted by molar-refractivity contribution is 7.95. The van der Waals surface area contributed by atoms with Crippen molar-refractivity contribution in [2.45, 2.75) is 33.1 Å². The quantitative estimate of drug-likeness (QED) is 0.701. The number of carbonyl (C=O) groups excluding carboxylic acids is 1. The summed E-state index contributed by atoms with van der Waals surface area (Å²) in [6, 6.07) is 18.2. The molecule has 1 unspecified atom stereocenters. The molecule has 4 heteroatoms. The number of nitrogens with one attached hydrogen (secondary N) is 1. The normalized spacial score (nSPS) is 27.9. The Kier molecular flexibility index (Phi) is 4.58. The molecular formula is C24H27NO2S. The van der Waals surface area contributed by atoms with Crippen molar-refractivity contribution in [3.63, 3.8) is 0 Å². The second-order valence-corrected chi connectivity index (χ2v) is 10.8. The maximum absolute atomic E-state index is 13.0. The molecule has 3 nitrogen and oxygen atoms in total. The number of benzene rings is 2. The lowest BCUT2D eigenvalue weighted by molar-refractivity contribution is -0.127. The van der Waals surface area contributed by atoms with E-state index in [4.69, 9.17) is 4.78 Å². The van der Waals surface area contributed by atoms with E-state index >= 15 is 0 Å². The van der Waals surface area contributed by atoms with Gasteiger partial charge in [-0.15, -0.1) is 0 Å². The molecular weight excluding hydrogens is 366 g/mol. The third-order valence-corrected chi connectivity index (χ3v) is 8.60. The van der Waals surface area contributed by atoms with Gasteiger partial charge in [0, 0.05) is 23.0 Å². The number of rotatable bonds is 5. The zero-order chi connectivity index (χ0) is 20.0. The molecule has 2 aromatic rings. The van der Waals surface area contributed by atoms with Crippen molar-refractivity contribution in [3.05, 3.63) is 65.6 Å². The van der Waals surface area contributed by atoms with Crippen LogP contribution in [0.3, 0.4) is 0 Å². The van der Waals surface area contributed by atoms with Crippen molar-refractivity contribution in [1.82, 2.24) is 0 Å². The molecule has 0 amide bonds. The molecule has 0 heterocycles. The molecule has 4 rings (SSSR count). The van der Waals surface area contributed by atoms with Crippen LogP contribution in [0.25, 0.3) is 17.2 Å². The van der Waals surface area contributed by atoms with Crippen LogP contribution >= 0.6 is 0 Å². The summed E-state index contributed by atoms with van der Waals surface area (Å²) in [7, 11) is -2.97. The fourth-order valence-corrected chi connectivity index (χ4v) is 7.01. The molecule has 3 atom stereocenters. The van der Waals surface area contributed by atoms with Crippen molar-refractivity contribution in [1.29, 1.82) is 4.78 Å². The van der Waals surface area contributed by atoms with Gasteiger partial charge in [0.15, 0.2) is 0 Å². The van der Waals surface area contributed by atoms with E-state index in [2.05, 4.69) is 26.0 Å². The minimum absolute atomic E-state index is 0.154. The highest BCUT2D eigenvalue weighted by Gasteiger charge is 2.64. The number of hydrogen-bond acceptors (Lipinski definition) is 3. The van der Waals surface area contributed by atoms with Gasteiger partial charge in [0.25, 0.3) is 0 Å². The molecule has 0 aromatic heterocycles. The maximum atomic E-state index is 13.0. The Labute approximate surface area is 167 Å². The Bertz CT molecular complexity index is 1020. The fourth-order valence-electron chi connectivity index (χ4n) is 5.13. The van der Waals surface area contributed by atoms with Gasteiger partial charge >= 0.3 is 0 Å². The number of Topliss-reactive ketones (excluding diaryl/α,β-unsaturated/α-hetero) is 1. The zero-order valence-electron chi connectivity index (χ0n) is 16.5. The van der Waals surface area contributed by atoms with Crippen LogP contribution in [0.1, 0.15) is 38.7 Å². The van der Waals surface area contributed by atoms with Crippen LogP contribution < -0.4 is 0 Å². The fraction of sp³-hybridized carbons (Fsp3) is 0.375. The first-order valence-electron chi connectivity index (χ1n) is 9.87. The van der Waals surface area contributed by atoms with Gasteiger partial charge in [-0.25, -0.2) is 8.99 Å². The second kappa shape index (κ2) is 6.70. The van der Waals surface area contributed by atoms with Gasteiger partial charge in [-0.2, -0.15) is 0 Å². The summed E-state index contributed by atoms with van der Waals surface area (Å²) >= 11 is 0. The van der Waals surface area contributed by atoms with Crippen LogP contribution in [0.15, 0.2) is 60.0 Å². The van der Waals surface area contributed by atoms with Crippen LogP contribution in [-0.4, -0.2) is 15.7 Å². The van der Waals surface area contributed by atoms with Crippen LogP contribution in [-0.2, 0) is 14.5 Å². The van der Waals surface area contributed by atoms with Crippen molar-refractivity contribution in [2.24, 2.45) is 16.7 Å². The Morgan fingerprint density at radius 2 is 1.71 bits per heavy atom. The third-order valence-electron chi connectivity index (χ3n) is 7.10. The van der Waals surface area contributed by atoms with Crippen molar-refractivity contribution < 1.29 is 9.00 Å². The maximum Gasteiger partial charge on any atom is 0.140 e. The number of fused-ring (bicyclic) bond motifs is 2. The van der Waals surface area contributed by atoms with Gasteiger partial charge < -0.3 is 0 Å². The van der Waals surface area contributed by atoms with Gasteiger partial charge in [-0.3, -0.25) is 4.79 Å². The molecule has 28 heavy (non-hydrogen) atoms. The summed E-state index contributed by atoms with van der Waals surface area (Å²) in [5, 5.41) is 1.51. The Morgan fingerprint density at radius 3 is 2.29 bits per heavy atom. The second-order valence-electron chi connectivity index (χ2n) is 8.83. The van der Waals surface area contributed by atoms with E-state index in [1.165, 1.54) is 5.41 Å². The largest absolute Gasteiger partial charge is 0.299 e. The van der Waals surface area contributed by atoms with Gasteiger partial charge in [0.05, 0.1) is 9.73 Å². The van der Waals surface area contributed by atoms with Crippen LogP contribution in [0.2, 0.25) is 0 Å². The standard InChI is InChI=1S/C24H27NO2S/c1-23(2)21-12-14-24(23,22(26)16-21)17-28(25,27)15-13-18-8-10-20(11-9-18)19-6-4-3-5-7-19/h3-11,13,15,21,25H,12,14,16-17H2,1-2H3/b15-13+/t21-,24-,28?/m1/s1. The molecule has 2 aliphatic rings. The van der Waals surface area contributed by atoms with E-state index in [1.807, 2.05) is 42.5 Å². The number of carbonyl (C=O) groups is 1. The smallest absolute Gasteiger partial charge is 0.140 e. The average molecular weight is 394 g/mol. The predicted octanol–water partition coefficient (Wildman–Crippen LogP) is 5.77. The van der Waals surface area contributed by atoms with E-state index < -0.39 is 15.1 Å². The number of hydrogen-bond donors (Lipinski definition) is 1. The topological polar surface area (TPSA) is 58.0 Å². The third kappa shape index (κ3) is 3.14. The molecule has 0 aliphatic heterocycles. The summed E-state index contributed by atoms with van der Waals surface area (Å²) < 4.78 is 21.5. The molecule has 146 valence electrons. The van der Waals surface area contributed by atoms with Crippen LogP contribution in [0, 0.1) is 21.5 Å². The van der Waals surface area contributed by atoms with Crippen molar-refractivity contribution >= 4 is 21.6 Å². The molecule has 1 N–H and O–H groups in total. The van der Waals surface area contributed by atoms with Gasteiger partial charge in [-0.05, 0) is 46.9 Å². The Balaban J connectivity index is 1.52. The minimum atomic E-state index is -2.97. The van der Waals surface area contributed by atoms with E-state index in [0.29, 0.717) is 12.3 Å². The summed E-state index contributed by atoms with van der Waals surface area (Å²) in [6.07, 6.45) is 4.14. The molecule has 2 aromatic carbocycles. The number of ketones is 1. The molecule has 2 aliphatic carbocycles. The van der Waals surface area contributed by atoms with E-state index in [-0.39, 0.29) is 17.0 Å². The first kappa shape index (κ1) is 19.1. The lowest BCUT2D eigenvalue weighted by Gasteiger charge is -2.36. The van der Waals surface area contributed by atoms with Crippen molar-refractivity contribution in [3.8, 4) is 11.1 Å². The average Bonchev–Trinajstić information content (AvgIpc) is 3.01.